The van der Waals surface area contributed by atoms with Gasteiger partial charge in [-0.05, 0) is 25.8 Å². The molecule has 0 radical (unpaired) electrons. The Kier molecular flexibility index (Phi) is 6.58. The lowest BCUT2D eigenvalue weighted by Gasteiger charge is -2.24. The molecule has 1 fully saturated rings. The van der Waals surface area contributed by atoms with Crippen LogP contribution in [-0.4, -0.2) is 43.9 Å². The average molecular weight is 354 g/mol. The van der Waals surface area contributed by atoms with Crippen molar-refractivity contribution in [3.8, 4) is 0 Å². The fourth-order valence-corrected chi connectivity index (χ4v) is 5.11. The van der Waals surface area contributed by atoms with Gasteiger partial charge in [0.1, 0.15) is 5.78 Å². The molecule has 1 saturated heterocycles. The molecular weight excluding hydrogens is 327 g/mol. The van der Waals surface area contributed by atoms with Crippen molar-refractivity contribution >= 4 is 13.5 Å². The second-order valence-electron chi connectivity index (χ2n) is 6.02. The molecule has 0 spiro atoms. The zero-order valence-electron chi connectivity index (χ0n) is 14.8. The lowest BCUT2D eigenvalue weighted by molar-refractivity contribution is -0.133. The summed E-state index contributed by atoms with van der Waals surface area (Å²) in [5, 5.41) is 3.34. The van der Waals surface area contributed by atoms with E-state index in [9.17, 15) is 9.36 Å². The molecule has 6 nitrogen and oxygen atoms in total. The summed E-state index contributed by atoms with van der Waals surface area (Å²) in [4.78, 5) is 14.2. The molecule has 3 atom stereocenters. The summed E-state index contributed by atoms with van der Waals surface area (Å²) in [7, 11) is 0.163. The summed E-state index contributed by atoms with van der Waals surface area (Å²) in [6.07, 6.45) is 0.424. The predicted molar refractivity (Wildman–Crippen MR) is 93.8 cm³/mol. The van der Waals surface area contributed by atoms with Crippen LogP contribution < -0.4 is 5.32 Å². The maximum absolute atomic E-state index is 13.1. The summed E-state index contributed by atoms with van der Waals surface area (Å²) in [5.41, 5.74) is 1.000. The van der Waals surface area contributed by atoms with Crippen molar-refractivity contribution in [3.05, 3.63) is 35.9 Å². The lowest BCUT2D eigenvalue weighted by atomic mass is 9.93. The van der Waals surface area contributed by atoms with E-state index in [1.165, 1.54) is 0 Å². The highest BCUT2D eigenvalue weighted by molar-refractivity contribution is 7.54. The fraction of sp³-hybridized carbons (Fsp3) is 0.588. The minimum Gasteiger partial charge on any atom is -0.349 e. The minimum absolute atomic E-state index is 0.0124. The zero-order valence-corrected chi connectivity index (χ0v) is 15.7. The van der Waals surface area contributed by atoms with Gasteiger partial charge in [0.2, 0.25) is 5.91 Å². The van der Waals surface area contributed by atoms with Gasteiger partial charge in [-0.1, -0.05) is 30.3 Å². The molecule has 0 unspecified atom stereocenters. The molecule has 0 aromatic heterocycles. The predicted octanol–water partition coefficient (Wildman–Crippen LogP) is 3.02. The molecule has 1 aromatic rings. The van der Waals surface area contributed by atoms with Gasteiger partial charge in [0.25, 0.3) is 0 Å². The van der Waals surface area contributed by atoms with Crippen LogP contribution in [-0.2, 0) is 18.4 Å². The highest BCUT2D eigenvalue weighted by Gasteiger charge is 2.48. The summed E-state index contributed by atoms with van der Waals surface area (Å²) in [6.45, 7) is 4.19. The molecule has 2 rings (SSSR count). The SMILES string of the molecule is CCOP(=O)(OCC)[C@H]1C[C@H](C(=O)N(C)C)[C@@H](c2ccccc2)N1. The maximum Gasteiger partial charge on any atom is 0.347 e. The van der Waals surface area contributed by atoms with Crippen molar-refractivity contribution in [1.82, 2.24) is 10.2 Å². The first-order valence-corrected chi connectivity index (χ1v) is 9.95. The number of rotatable bonds is 7. The highest BCUT2D eigenvalue weighted by Crippen LogP contribution is 2.57. The van der Waals surface area contributed by atoms with Gasteiger partial charge in [-0.25, -0.2) is 0 Å². The van der Waals surface area contributed by atoms with E-state index < -0.39 is 13.4 Å². The van der Waals surface area contributed by atoms with E-state index in [4.69, 9.17) is 9.05 Å². The number of carbonyl (C=O) groups excluding carboxylic acids is 1. The quantitative estimate of drug-likeness (QED) is 0.763. The van der Waals surface area contributed by atoms with E-state index in [0.717, 1.165) is 5.56 Å². The summed E-state index contributed by atoms with van der Waals surface area (Å²) >= 11 is 0. The summed E-state index contributed by atoms with van der Waals surface area (Å²) < 4.78 is 24.0. The van der Waals surface area contributed by atoms with Crippen LogP contribution in [0.15, 0.2) is 30.3 Å². The van der Waals surface area contributed by atoms with Crippen LogP contribution in [0.4, 0.5) is 0 Å². The molecule has 134 valence electrons. The van der Waals surface area contributed by atoms with Gasteiger partial charge in [-0.15, -0.1) is 0 Å². The lowest BCUT2D eigenvalue weighted by Crippen LogP contribution is -2.33. The molecule has 0 aliphatic carbocycles. The Labute approximate surface area is 144 Å². The number of hydrogen-bond acceptors (Lipinski definition) is 5. The molecule has 1 amide bonds. The third kappa shape index (κ3) is 4.06. The van der Waals surface area contributed by atoms with Gasteiger partial charge < -0.3 is 13.9 Å². The first kappa shape index (κ1) is 19.1. The number of amides is 1. The summed E-state index contributed by atoms with van der Waals surface area (Å²) in [6, 6.07) is 9.55. The van der Waals surface area contributed by atoms with E-state index in [0.29, 0.717) is 19.6 Å². The Balaban J connectivity index is 2.32. The van der Waals surface area contributed by atoms with Crippen molar-refractivity contribution in [2.75, 3.05) is 27.3 Å². The fourth-order valence-electron chi connectivity index (χ4n) is 3.13. The Hall–Kier alpha value is -1.20. The molecule has 1 N–H and O–H groups in total. The Bertz CT molecular complexity index is 584. The minimum atomic E-state index is -3.31. The van der Waals surface area contributed by atoms with Crippen molar-refractivity contribution in [3.63, 3.8) is 0 Å². The van der Waals surface area contributed by atoms with E-state index in [-0.39, 0.29) is 17.9 Å². The second kappa shape index (κ2) is 8.26. The number of nitrogens with zero attached hydrogens (tertiary/aromatic N) is 1. The Morgan fingerprint density at radius 2 is 1.79 bits per heavy atom. The first-order chi connectivity index (χ1) is 11.4. The number of carbonyl (C=O) groups is 1. The van der Waals surface area contributed by atoms with E-state index >= 15 is 0 Å². The molecule has 1 aliphatic rings. The monoisotopic (exact) mass is 354 g/mol. The molecule has 1 aromatic carbocycles. The maximum atomic E-state index is 13.1. The van der Waals surface area contributed by atoms with Crippen LogP contribution in [0.2, 0.25) is 0 Å². The molecule has 0 saturated carbocycles. The molecule has 1 heterocycles. The van der Waals surface area contributed by atoms with Crippen LogP contribution >= 0.6 is 7.60 Å². The van der Waals surface area contributed by atoms with Crippen LogP contribution in [0.5, 0.6) is 0 Å². The van der Waals surface area contributed by atoms with Gasteiger partial charge in [-0.2, -0.15) is 0 Å². The Morgan fingerprint density at radius 1 is 1.21 bits per heavy atom. The first-order valence-electron chi connectivity index (χ1n) is 8.33. The second-order valence-corrected chi connectivity index (χ2v) is 8.24. The Morgan fingerprint density at radius 3 is 2.29 bits per heavy atom. The van der Waals surface area contributed by atoms with Crippen LogP contribution in [0.1, 0.15) is 31.9 Å². The molecule has 24 heavy (non-hydrogen) atoms. The zero-order chi connectivity index (χ0) is 17.7. The standard InChI is InChI=1S/C17H27N2O4P/c1-5-22-24(21,23-6-2)15-12-14(17(20)19(3)4)16(18-15)13-10-8-7-9-11-13/h7-11,14-16,18H,5-6,12H2,1-4H3/t14-,15-,16+/m0/s1. The largest absolute Gasteiger partial charge is 0.349 e. The average Bonchev–Trinajstić information content (AvgIpc) is 3.01. The van der Waals surface area contributed by atoms with E-state index in [2.05, 4.69) is 5.32 Å². The van der Waals surface area contributed by atoms with Crippen LogP contribution in [0.3, 0.4) is 0 Å². The number of hydrogen-bond donors (Lipinski definition) is 1. The topological polar surface area (TPSA) is 67.9 Å². The van der Waals surface area contributed by atoms with Crippen molar-refractivity contribution < 1.29 is 18.4 Å². The van der Waals surface area contributed by atoms with Gasteiger partial charge in [0, 0.05) is 20.1 Å². The molecule has 7 heteroatoms. The third-order valence-corrected chi connectivity index (χ3v) is 6.53. The smallest absolute Gasteiger partial charge is 0.347 e. The van der Waals surface area contributed by atoms with E-state index in [1.807, 2.05) is 30.3 Å². The molecule has 0 bridgehead atoms. The summed E-state index contributed by atoms with van der Waals surface area (Å²) in [5.74, 6) is -0.781. The third-order valence-electron chi connectivity index (χ3n) is 4.17. The van der Waals surface area contributed by atoms with Crippen LogP contribution in [0.25, 0.3) is 0 Å². The number of nitrogens with one attached hydrogen (secondary N) is 1. The number of benzene rings is 1. The van der Waals surface area contributed by atoms with Gasteiger partial charge in [0.15, 0.2) is 0 Å². The van der Waals surface area contributed by atoms with E-state index in [1.54, 1.807) is 32.8 Å². The highest BCUT2D eigenvalue weighted by atomic mass is 31.2. The molecular formula is C17H27N2O4P. The normalized spacial score (nSPS) is 24.1. The van der Waals surface area contributed by atoms with Gasteiger partial charge in [0.05, 0.1) is 19.1 Å². The van der Waals surface area contributed by atoms with Crippen molar-refractivity contribution in [2.24, 2.45) is 5.92 Å². The van der Waals surface area contributed by atoms with Crippen molar-refractivity contribution in [1.29, 1.82) is 0 Å². The molecule has 1 aliphatic heterocycles. The van der Waals surface area contributed by atoms with Gasteiger partial charge in [-0.3, -0.25) is 14.7 Å². The van der Waals surface area contributed by atoms with Crippen molar-refractivity contribution in [2.45, 2.75) is 32.1 Å². The van der Waals surface area contributed by atoms with Crippen LogP contribution in [0, 0.1) is 5.92 Å². The van der Waals surface area contributed by atoms with Gasteiger partial charge >= 0.3 is 7.60 Å².